The molecule has 1 aliphatic heterocycles. The van der Waals surface area contributed by atoms with Crippen molar-refractivity contribution in [2.24, 2.45) is 5.73 Å². The van der Waals surface area contributed by atoms with Gasteiger partial charge in [0.2, 0.25) is 15.9 Å². The predicted molar refractivity (Wildman–Crippen MR) is 74.8 cm³/mol. The van der Waals surface area contributed by atoms with Crippen LogP contribution in [-0.4, -0.2) is 49.5 Å². The molecule has 116 valence electrons. The van der Waals surface area contributed by atoms with Crippen LogP contribution in [0.1, 0.15) is 18.6 Å². The Kier molecular flexibility index (Phi) is 4.62. The molecular weight excluding hydrogens is 296 g/mol. The van der Waals surface area contributed by atoms with Gasteiger partial charge in [-0.1, -0.05) is 12.1 Å². The van der Waals surface area contributed by atoms with Gasteiger partial charge in [0.05, 0.1) is 24.2 Å². The van der Waals surface area contributed by atoms with Crippen LogP contribution < -0.4 is 5.73 Å². The van der Waals surface area contributed by atoms with Crippen LogP contribution in [0.25, 0.3) is 0 Å². The number of benzene rings is 1. The van der Waals surface area contributed by atoms with Crippen molar-refractivity contribution >= 4 is 15.9 Å². The molecule has 2 rings (SSSR count). The van der Waals surface area contributed by atoms with Crippen molar-refractivity contribution in [2.45, 2.75) is 24.0 Å². The first-order chi connectivity index (χ1) is 9.84. The fraction of sp³-hybridized carbons (Fsp3) is 0.462. The molecule has 8 heteroatoms. The van der Waals surface area contributed by atoms with Gasteiger partial charge in [0.25, 0.3) is 0 Å². The second kappa shape index (κ2) is 6.10. The van der Waals surface area contributed by atoms with Crippen LogP contribution in [0.2, 0.25) is 0 Å². The van der Waals surface area contributed by atoms with E-state index in [0.717, 1.165) is 4.31 Å². The third kappa shape index (κ3) is 3.24. The lowest BCUT2D eigenvalue weighted by molar-refractivity contribution is -0.125. The van der Waals surface area contributed by atoms with Gasteiger partial charge in [-0.05, 0) is 24.6 Å². The van der Waals surface area contributed by atoms with Crippen molar-refractivity contribution in [1.29, 1.82) is 0 Å². The molecule has 0 aromatic heterocycles. The lowest BCUT2D eigenvalue weighted by Gasteiger charge is -2.32. The zero-order valence-corrected chi connectivity index (χ0v) is 12.4. The Balaban J connectivity index is 2.40. The summed E-state index contributed by atoms with van der Waals surface area (Å²) in [5.74, 6) is -0.745. The van der Waals surface area contributed by atoms with E-state index in [0.29, 0.717) is 5.56 Å². The Labute approximate surface area is 123 Å². The van der Waals surface area contributed by atoms with E-state index in [1.807, 2.05) is 0 Å². The van der Waals surface area contributed by atoms with Crippen molar-refractivity contribution < 1.29 is 23.1 Å². The van der Waals surface area contributed by atoms with Gasteiger partial charge in [-0.3, -0.25) is 4.79 Å². The van der Waals surface area contributed by atoms with Crippen LogP contribution >= 0.6 is 0 Å². The zero-order chi connectivity index (χ0) is 15.6. The summed E-state index contributed by atoms with van der Waals surface area (Å²) >= 11 is 0. The summed E-state index contributed by atoms with van der Waals surface area (Å²) in [6, 6.07) is 4.99. The number of morpholine rings is 1. The summed E-state index contributed by atoms with van der Waals surface area (Å²) in [6.45, 7) is 1.77. The molecule has 2 unspecified atom stereocenters. The predicted octanol–water partition coefficient (Wildman–Crippen LogP) is -0.385. The molecule has 1 saturated heterocycles. The van der Waals surface area contributed by atoms with Crippen LogP contribution in [0.5, 0.6) is 0 Å². The van der Waals surface area contributed by atoms with Gasteiger partial charge in [0.15, 0.2) is 0 Å². The number of aliphatic hydroxyl groups is 1. The van der Waals surface area contributed by atoms with Crippen molar-refractivity contribution in [1.82, 2.24) is 4.31 Å². The Morgan fingerprint density at radius 3 is 2.86 bits per heavy atom. The molecule has 7 nitrogen and oxygen atoms in total. The summed E-state index contributed by atoms with van der Waals surface area (Å²) in [5, 5.41) is 9.56. The van der Waals surface area contributed by atoms with E-state index in [2.05, 4.69) is 0 Å². The number of primary amides is 1. The highest BCUT2D eigenvalue weighted by Crippen LogP contribution is 2.23. The van der Waals surface area contributed by atoms with Gasteiger partial charge < -0.3 is 15.6 Å². The number of rotatable bonds is 4. The number of carbonyl (C=O) groups excluding carboxylic acids is 1. The number of amides is 1. The number of nitrogens with zero attached hydrogens (tertiary/aromatic N) is 1. The number of hydrogen-bond donors (Lipinski definition) is 2. The Bertz CT molecular complexity index is 629. The molecule has 1 amide bonds. The van der Waals surface area contributed by atoms with Crippen molar-refractivity contribution in [3.8, 4) is 0 Å². The molecule has 1 aromatic carbocycles. The molecule has 1 aliphatic rings. The van der Waals surface area contributed by atoms with Crippen molar-refractivity contribution in [3.05, 3.63) is 29.8 Å². The maximum atomic E-state index is 12.7. The third-order valence-electron chi connectivity index (χ3n) is 3.35. The number of ether oxygens (including phenoxy) is 1. The maximum Gasteiger partial charge on any atom is 0.243 e. The Morgan fingerprint density at radius 2 is 2.24 bits per heavy atom. The third-order valence-corrected chi connectivity index (χ3v) is 5.26. The average molecular weight is 314 g/mol. The normalized spacial score (nSPS) is 21.9. The largest absolute Gasteiger partial charge is 0.389 e. The summed E-state index contributed by atoms with van der Waals surface area (Å²) in [7, 11) is -3.87. The highest BCUT2D eigenvalue weighted by atomic mass is 32.2. The molecule has 1 heterocycles. The molecule has 21 heavy (non-hydrogen) atoms. The van der Waals surface area contributed by atoms with Crippen molar-refractivity contribution in [3.63, 3.8) is 0 Å². The fourth-order valence-electron chi connectivity index (χ4n) is 2.17. The van der Waals surface area contributed by atoms with Crippen LogP contribution in [-0.2, 0) is 19.6 Å². The quantitative estimate of drug-likeness (QED) is 0.787. The topological polar surface area (TPSA) is 110 Å². The summed E-state index contributed by atoms with van der Waals surface area (Å²) in [4.78, 5) is 11.4. The number of hydrogen-bond acceptors (Lipinski definition) is 5. The van der Waals surface area contributed by atoms with Crippen molar-refractivity contribution in [2.75, 3.05) is 19.8 Å². The minimum Gasteiger partial charge on any atom is -0.389 e. The number of carbonyl (C=O) groups is 1. The van der Waals surface area contributed by atoms with Crippen LogP contribution in [0, 0.1) is 0 Å². The minimum absolute atomic E-state index is 0.0223. The second-order valence-corrected chi connectivity index (χ2v) is 6.75. The van der Waals surface area contributed by atoms with Gasteiger partial charge >= 0.3 is 0 Å². The van der Waals surface area contributed by atoms with Crippen LogP contribution in [0.3, 0.4) is 0 Å². The maximum absolute atomic E-state index is 12.7. The van der Waals surface area contributed by atoms with Gasteiger partial charge in [-0.2, -0.15) is 4.31 Å². The Hall–Kier alpha value is -1.48. The highest BCUT2D eigenvalue weighted by Gasteiger charge is 2.37. The number of aliphatic hydroxyl groups excluding tert-OH is 1. The van der Waals surface area contributed by atoms with Gasteiger partial charge in [-0.15, -0.1) is 0 Å². The standard InChI is InChI=1S/C13H18N2O5S/c1-9(16)10-3-2-4-11(7-10)21(18,19)15-5-6-20-8-12(15)13(14)17/h2-4,7,9,12,16H,5-6,8H2,1H3,(H2,14,17). The molecule has 1 fully saturated rings. The van der Waals surface area contributed by atoms with E-state index in [1.54, 1.807) is 19.1 Å². The molecule has 0 aliphatic carbocycles. The first-order valence-electron chi connectivity index (χ1n) is 6.51. The first-order valence-corrected chi connectivity index (χ1v) is 7.95. The van der Waals surface area contributed by atoms with Crippen LogP contribution in [0.15, 0.2) is 29.2 Å². The Morgan fingerprint density at radius 1 is 1.52 bits per heavy atom. The van der Waals surface area contributed by atoms with E-state index in [1.165, 1.54) is 12.1 Å². The molecule has 3 N–H and O–H groups in total. The molecule has 0 bridgehead atoms. The fourth-order valence-corrected chi connectivity index (χ4v) is 3.79. The summed E-state index contributed by atoms with van der Waals surface area (Å²) < 4.78 is 31.5. The van der Waals surface area contributed by atoms with Crippen LogP contribution in [0.4, 0.5) is 0 Å². The number of sulfonamides is 1. The van der Waals surface area contributed by atoms with E-state index in [4.69, 9.17) is 10.5 Å². The number of nitrogens with two attached hydrogens (primary N) is 1. The van der Waals surface area contributed by atoms with E-state index in [-0.39, 0.29) is 24.7 Å². The van der Waals surface area contributed by atoms with Gasteiger partial charge in [0, 0.05) is 6.54 Å². The van der Waals surface area contributed by atoms with E-state index in [9.17, 15) is 18.3 Å². The van der Waals surface area contributed by atoms with Gasteiger partial charge in [-0.25, -0.2) is 8.42 Å². The summed E-state index contributed by atoms with van der Waals surface area (Å²) in [5.41, 5.74) is 5.73. The average Bonchev–Trinajstić information content (AvgIpc) is 2.47. The molecule has 0 saturated carbocycles. The molecule has 0 radical (unpaired) electrons. The summed E-state index contributed by atoms with van der Waals surface area (Å²) in [6.07, 6.45) is -0.781. The highest BCUT2D eigenvalue weighted by molar-refractivity contribution is 7.89. The van der Waals surface area contributed by atoms with E-state index >= 15 is 0 Å². The zero-order valence-electron chi connectivity index (χ0n) is 11.6. The SMILES string of the molecule is CC(O)c1cccc(S(=O)(=O)N2CCOCC2C(N)=O)c1. The van der Waals surface area contributed by atoms with E-state index < -0.39 is 28.1 Å². The molecule has 1 aromatic rings. The monoisotopic (exact) mass is 314 g/mol. The minimum atomic E-state index is -3.87. The molecule has 2 atom stereocenters. The lowest BCUT2D eigenvalue weighted by Crippen LogP contribution is -2.54. The molecular formula is C13H18N2O5S. The second-order valence-electron chi connectivity index (χ2n) is 4.86. The lowest BCUT2D eigenvalue weighted by atomic mass is 10.1. The van der Waals surface area contributed by atoms with Gasteiger partial charge in [0.1, 0.15) is 6.04 Å². The first kappa shape index (κ1) is 15.9. The molecule has 0 spiro atoms. The smallest absolute Gasteiger partial charge is 0.243 e.